The molecule has 0 saturated carbocycles. The van der Waals surface area contributed by atoms with Crippen LogP contribution in [0.5, 0.6) is 0 Å². The summed E-state index contributed by atoms with van der Waals surface area (Å²) in [5.74, 6) is 2.11. The first-order valence-electron chi connectivity index (χ1n) is 9.61. The molecular weight excluding hydrogens is 366 g/mol. The van der Waals surface area contributed by atoms with Gasteiger partial charge in [0.2, 0.25) is 0 Å². The lowest BCUT2D eigenvalue weighted by Crippen LogP contribution is -2.10. The highest BCUT2D eigenvalue weighted by Crippen LogP contribution is 2.34. The predicted octanol–water partition coefficient (Wildman–Crippen LogP) is 5.84. The second kappa shape index (κ2) is 9.03. The molecule has 2 aliphatic carbocycles. The Balaban J connectivity index is 1.48. The van der Waals surface area contributed by atoms with Gasteiger partial charge in [0.15, 0.2) is 17.3 Å². The Morgan fingerprint density at radius 2 is 1.69 bits per heavy atom. The Morgan fingerprint density at radius 3 is 2.41 bits per heavy atom. The Hall–Kier alpha value is -3.65. The van der Waals surface area contributed by atoms with Crippen molar-refractivity contribution in [1.82, 2.24) is 0 Å². The molecule has 0 spiro atoms. The number of nitriles is 1. The molecule has 0 aromatic heterocycles. The zero-order valence-electron chi connectivity index (χ0n) is 16.0. The maximum Gasteiger partial charge on any atom is 0.174 e. The van der Waals surface area contributed by atoms with Gasteiger partial charge in [0.25, 0.3) is 0 Å². The zero-order chi connectivity index (χ0) is 19.9. The predicted molar refractivity (Wildman–Crippen MR) is 108 cm³/mol. The maximum atomic E-state index is 9.30. The molecule has 5 heteroatoms. The van der Waals surface area contributed by atoms with Crippen LogP contribution in [0.4, 0.5) is 0 Å². The second-order valence-electron chi connectivity index (χ2n) is 6.82. The van der Waals surface area contributed by atoms with Crippen molar-refractivity contribution in [2.45, 2.75) is 32.1 Å². The molecule has 4 rings (SSSR count). The van der Waals surface area contributed by atoms with Crippen LogP contribution in [0.25, 0.3) is 0 Å². The van der Waals surface area contributed by atoms with Crippen molar-refractivity contribution in [1.29, 1.82) is 5.26 Å². The van der Waals surface area contributed by atoms with Crippen molar-refractivity contribution in [2.75, 3.05) is 0 Å². The van der Waals surface area contributed by atoms with E-state index in [2.05, 4.69) is 30.4 Å². The van der Waals surface area contributed by atoms with Gasteiger partial charge in [-0.25, -0.2) is 0 Å². The number of hydrogen-bond donors (Lipinski definition) is 0. The van der Waals surface area contributed by atoms with Crippen LogP contribution >= 0.6 is 0 Å². The van der Waals surface area contributed by atoms with Crippen molar-refractivity contribution >= 4 is 0 Å². The number of rotatable bonds is 5. The van der Waals surface area contributed by atoms with Gasteiger partial charge in [-0.1, -0.05) is 42.0 Å². The fourth-order valence-electron chi connectivity index (χ4n) is 3.30. The molecule has 0 aromatic rings. The van der Waals surface area contributed by atoms with E-state index in [-0.39, 0.29) is 0 Å². The minimum absolute atomic E-state index is 0.399. The standard InChI is InChI=1S/C24H21NO4/c25-12-11-21(24-17-27-15-22(29-24)19-9-5-2-6-10-19)23-16-26-14-20(28-23)13-18-7-3-1-4-8-18/h1-3,5,7,9,11,14-17H,4,6,8,10,13H2. The molecular formula is C24H21NO4. The van der Waals surface area contributed by atoms with Gasteiger partial charge in [-0.05, 0) is 31.3 Å². The molecule has 0 amide bonds. The van der Waals surface area contributed by atoms with E-state index in [0.717, 1.165) is 31.3 Å². The Kier molecular flexibility index (Phi) is 5.82. The third kappa shape index (κ3) is 4.61. The molecule has 0 saturated heterocycles. The fraction of sp³-hybridized carbons (Fsp3) is 0.208. The molecule has 2 heterocycles. The van der Waals surface area contributed by atoms with Crippen molar-refractivity contribution in [3.8, 4) is 6.07 Å². The minimum atomic E-state index is 0.399. The fourth-order valence-corrected chi connectivity index (χ4v) is 3.30. The van der Waals surface area contributed by atoms with Gasteiger partial charge in [-0.3, -0.25) is 0 Å². The Bertz CT molecular complexity index is 990. The zero-order valence-corrected chi connectivity index (χ0v) is 16.0. The number of ether oxygens (including phenoxy) is 4. The molecule has 2 aliphatic heterocycles. The van der Waals surface area contributed by atoms with Gasteiger partial charge in [0.05, 0.1) is 11.6 Å². The largest absolute Gasteiger partial charge is 0.465 e. The van der Waals surface area contributed by atoms with E-state index in [4.69, 9.17) is 18.9 Å². The van der Waals surface area contributed by atoms with Gasteiger partial charge >= 0.3 is 0 Å². The molecule has 29 heavy (non-hydrogen) atoms. The molecule has 4 aliphatic rings. The van der Waals surface area contributed by atoms with Crippen LogP contribution < -0.4 is 0 Å². The first-order valence-corrected chi connectivity index (χ1v) is 9.61. The third-order valence-corrected chi connectivity index (χ3v) is 4.76. The summed E-state index contributed by atoms with van der Waals surface area (Å²) in [6.07, 6.45) is 24.4. The number of allylic oxidation sites excluding steroid dienone is 9. The lowest BCUT2D eigenvalue weighted by molar-refractivity contribution is 0.206. The normalized spacial score (nSPS) is 20.9. The average Bonchev–Trinajstić information content (AvgIpc) is 2.79. The maximum absolute atomic E-state index is 9.30. The summed E-state index contributed by atoms with van der Waals surface area (Å²) in [6.45, 7) is 0. The summed E-state index contributed by atoms with van der Waals surface area (Å²) in [4.78, 5) is 0. The van der Waals surface area contributed by atoms with Gasteiger partial charge < -0.3 is 18.9 Å². The SMILES string of the molecule is N#CC=C(C1=COC=C(CC2=CC=CCC2)O1)C1=COC=C(C2=CC=CCC2)O1. The van der Waals surface area contributed by atoms with Crippen LogP contribution in [0.1, 0.15) is 32.1 Å². The molecule has 0 atom stereocenters. The lowest BCUT2D eigenvalue weighted by atomic mass is 10.0. The Labute approximate surface area is 170 Å². The first kappa shape index (κ1) is 18.7. The molecule has 0 N–H and O–H groups in total. The third-order valence-electron chi connectivity index (χ3n) is 4.76. The van der Waals surface area contributed by atoms with E-state index >= 15 is 0 Å². The van der Waals surface area contributed by atoms with Crippen molar-refractivity contribution < 1.29 is 18.9 Å². The van der Waals surface area contributed by atoms with Gasteiger partial charge in [0, 0.05) is 12.5 Å². The highest BCUT2D eigenvalue weighted by molar-refractivity contribution is 5.46. The van der Waals surface area contributed by atoms with Gasteiger partial charge in [0.1, 0.15) is 30.8 Å². The molecule has 0 fully saturated rings. The molecule has 5 nitrogen and oxygen atoms in total. The van der Waals surface area contributed by atoms with Crippen molar-refractivity contribution in [3.05, 3.63) is 107 Å². The number of nitrogens with zero attached hydrogens (tertiary/aromatic N) is 1. The van der Waals surface area contributed by atoms with Crippen LogP contribution in [-0.4, -0.2) is 0 Å². The van der Waals surface area contributed by atoms with Crippen LogP contribution in [0.3, 0.4) is 0 Å². The summed E-state index contributed by atoms with van der Waals surface area (Å²) in [7, 11) is 0. The van der Waals surface area contributed by atoms with Gasteiger partial charge in [-0.2, -0.15) is 5.26 Å². The summed E-state index contributed by atoms with van der Waals surface area (Å²) < 4.78 is 23.1. The smallest absolute Gasteiger partial charge is 0.174 e. The van der Waals surface area contributed by atoms with Crippen LogP contribution in [0.2, 0.25) is 0 Å². The van der Waals surface area contributed by atoms with E-state index < -0.39 is 0 Å². The number of hydrogen-bond acceptors (Lipinski definition) is 5. The van der Waals surface area contributed by atoms with E-state index in [1.165, 1.54) is 24.2 Å². The Morgan fingerprint density at radius 1 is 0.931 bits per heavy atom. The highest BCUT2D eigenvalue weighted by Gasteiger charge is 2.24. The highest BCUT2D eigenvalue weighted by atomic mass is 16.6. The minimum Gasteiger partial charge on any atom is -0.465 e. The second-order valence-corrected chi connectivity index (χ2v) is 6.82. The van der Waals surface area contributed by atoms with Crippen LogP contribution in [0.15, 0.2) is 107 Å². The summed E-state index contributed by atoms with van der Waals surface area (Å²) in [6, 6.07) is 2.05. The average molecular weight is 387 g/mol. The van der Waals surface area contributed by atoms with E-state index in [0.29, 0.717) is 35.0 Å². The first-order chi connectivity index (χ1) is 14.3. The molecule has 0 bridgehead atoms. The quantitative estimate of drug-likeness (QED) is 0.555. The molecule has 0 aromatic carbocycles. The van der Waals surface area contributed by atoms with Crippen LogP contribution in [-0.2, 0) is 18.9 Å². The van der Waals surface area contributed by atoms with Gasteiger partial charge in [-0.15, -0.1) is 0 Å². The van der Waals surface area contributed by atoms with E-state index in [1.807, 2.05) is 12.2 Å². The monoisotopic (exact) mass is 387 g/mol. The van der Waals surface area contributed by atoms with Crippen molar-refractivity contribution in [3.63, 3.8) is 0 Å². The summed E-state index contributed by atoms with van der Waals surface area (Å²) >= 11 is 0. The van der Waals surface area contributed by atoms with E-state index in [9.17, 15) is 5.26 Å². The lowest BCUT2D eigenvalue weighted by Gasteiger charge is -2.23. The molecule has 146 valence electrons. The topological polar surface area (TPSA) is 60.7 Å². The van der Waals surface area contributed by atoms with Crippen molar-refractivity contribution in [2.24, 2.45) is 0 Å². The molecule has 0 unspecified atom stereocenters. The summed E-state index contributed by atoms with van der Waals surface area (Å²) in [5.41, 5.74) is 2.78. The molecule has 0 radical (unpaired) electrons. The van der Waals surface area contributed by atoms with E-state index in [1.54, 1.807) is 12.5 Å². The summed E-state index contributed by atoms with van der Waals surface area (Å²) in [5, 5.41) is 9.30. The van der Waals surface area contributed by atoms with Crippen LogP contribution in [0, 0.1) is 11.3 Å².